The summed E-state index contributed by atoms with van der Waals surface area (Å²) in [7, 11) is 0. The third kappa shape index (κ3) is 4.48. The number of nitrogens with zero attached hydrogens (tertiary/aromatic N) is 5. The van der Waals surface area contributed by atoms with Crippen molar-refractivity contribution < 1.29 is 0 Å². The van der Waals surface area contributed by atoms with E-state index in [4.69, 9.17) is 10.1 Å². The monoisotopic (exact) mass is 433 g/mol. The Hall–Kier alpha value is -2.77. The first-order valence-corrected chi connectivity index (χ1v) is 11.6. The Morgan fingerprint density at radius 3 is 2.32 bits per heavy atom. The van der Waals surface area contributed by atoms with Gasteiger partial charge in [0.25, 0.3) is 5.56 Å². The molecular formula is C24H27N5OS. The van der Waals surface area contributed by atoms with Crippen LogP contribution in [0.15, 0.2) is 64.5 Å². The van der Waals surface area contributed by atoms with Gasteiger partial charge in [0.2, 0.25) is 0 Å². The molecule has 4 rings (SSSR count). The topological polar surface area (TPSA) is 63.4 Å². The van der Waals surface area contributed by atoms with E-state index >= 15 is 0 Å². The third-order valence-corrected chi connectivity index (χ3v) is 6.22. The highest BCUT2D eigenvalue weighted by molar-refractivity contribution is 7.99. The molecule has 0 bridgehead atoms. The first-order chi connectivity index (χ1) is 15.0. The Bertz CT molecular complexity index is 1250. The fraction of sp³-hybridized carbons (Fsp3) is 0.333. The van der Waals surface area contributed by atoms with Gasteiger partial charge in [-0.1, -0.05) is 54.2 Å². The summed E-state index contributed by atoms with van der Waals surface area (Å²) in [5.41, 5.74) is 2.12. The lowest BCUT2D eigenvalue weighted by Gasteiger charge is -2.30. The van der Waals surface area contributed by atoms with Crippen molar-refractivity contribution in [1.29, 1.82) is 0 Å². The maximum Gasteiger partial charge on any atom is 0.300 e. The van der Waals surface area contributed by atoms with Crippen LogP contribution in [0.4, 0.5) is 0 Å². The van der Waals surface area contributed by atoms with Crippen molar-refractivity contribution in [3.05, 3.63) is 65.0 Å². The summed E-state index contributed by atoms with van der Waals surface area (Å²) >= 11 is 1.64. The van der Waals surface area contributed by atoms with Crippen LogP contribution in [-0.4, -0.2) is 48.9 Å². The smallest absolute Gasteiger partial charge is 0.298 e. The zero-order valence-corrected chi connectivity index (χ0v) is 19.1. The van der Waals surface area contributed by atoms with Gasteiger partial charge in [-0.2, -0.15) is 14.6 Å². The predicted octanol–water partition coefficient (Wildman–Crippen LogP) is 4.52. The van der Waals surface area contributed by atoms with Gasteiger partial charge in [0, 0.05) is 35.3 Å². The van der Waals surface area contributed by atoms with E-state index in [1.807, 2.05) is 54.6 Å². The number of rotatable bonds is 7. The summed E-state index contributed by atoms with van der Waals surface area (Å²) in [6.07, 6.45) is 0. The number of benzene rings is 2. The van der Waals surface area contributed by atoms with Crippen LogP contribution >= 0.6 is 11.8 Å². The second-order valence-corrected chi connectivity index (χ2v) is 9.11. The number of fused-ring (bicyclic) bond motifs is 3. The van der Waals surface area contributed by atoms with Gasteiger partial charge in [0.1, 0.15) is 0 Å². The molecule has 4 aromatic rings. The number of hydrogen-bond donors (Lipinski definition) is 0. The van der Waals surface area contributed by atoms with Crippen molar-refractivity contribution in [1.82, 2.24) is 24.5 Å². The van der Waals surface area contributed by atoms with E-state index in [0.29, 0.717) is 23.4 Å². The average molecular weight is 434 g/mol. The molecule has 2 aromatic heterocycles. The molecule has 0 saturated carbocycles. The normalized spacial score (nSPS) is 12.0. The predicted molar refractivity (Wildman–Crippen MR) is 128 cm³/mol. The first-order valence-electron chi connectivity index (χ1n) is 10.6. The fourth-order valence-electron chi connectivity index (χ4n) is 3.83. The zero-order valence-electron chi connectivity index (χ0n) is 18.3. The van der Waals surface area contributed by atoms with Gasteiger partial charge in [0.15, 0.2) is 16.5 Å². The molecule has 0 atom stereocenters. The minimum atomic E-state index is -0.329. The van der Waals surface area contributed by atoms with Crippen LogP contribution in [0, 0.1) is 0 Å². The standard InChI is InChI=1S/C24H27N5OS/c1-16(2)28(17(3)4)14-15-31-24-25-20-13-9-8-12-19(20)22-26-23(30)21(27-29(22)24)18-10-6-5-7-11-18/h5-13,16-17H,14-15H2,1-4H3. The molecule has 0 aliphatic carbocycles. The van der Waals surface area contributed by atoms with Gasteiger partial charge in [-0.15, -0.1) is 0 Å². The number of thioether (sulfide) groups is 1. The summed E-state index contributed by atoms with van der Waals surface area (Å²) in [5.74, 6) is 0.866. The summed E-state index contributed by atoms with van der Waals surface area (Å²) in [4.78, 5) is 24.6. The second kappa shape index (κ2) is 9.16. The van der Waals surface area contributed by atoms with Crippen molar-refractivity contribution in [3.63, 3.8) is 0 Å². The van der Waals surface area contributed by atoms with Gasteiger partial charge in [-0.25, -0.2) is 4.98 Å². The molecule has 0 fully saturated rings. The summed E-state index contributed by atoms with van der Waals surface area (Å²) in [6.45, 7) is 9.81. The molecule has 0 saturated heterocycles. The molecule has 0 aliphatic heterocycles. The molecule has 2 aromatic carbocycles. The molecule has 6 nitrogen and oxygen atoms in total. The molecule has 0 radical (unpaired) electrons. The highest BCUT2D eigenvalue weighted by Crippen LogP contribution is 2.24. The van der Waals surface area contributed by atoms with Crippen molar-refractivity contribution in [3.8, 4) is 11.3 Å². The average Bonchev–Trinajstić information content (AvgIpc) is 2.76. The Morgan fingerprint density at radius 2 is 1.61 bits per heavy atom. The van der Waals surface area contributed by atoms with E-state index in [0.717, 1.165) is 33.9 Å². The largest absolute Gasteiger partial charge is 0.300 e. The first kappa shape index (κ1) is 21.5. The van der Waals surface area contributed by atoms with Crippen molar-refractivity contribution in [2.75, 3.05) is 12.3 Å². The lowest BCUT2D eigenvalue weighted by atomic mass is 10.2. The Labute approximate surface area is 186 Å². The van der Waals surface area contributed by atoms with E-state index in [1.54, 1.807) is 16.3 Å². The molecule has 0 N–H and O–H groups in total. The maximum atomic E-state index is 12.8. The zero-order chi connectivity index (χ0) is 22.0. The molecule has 0 amide bonds. The van der Waals surface area contributed by atoms with Crippen LogP contribution < -0.4 is 5.56 Å². The lowest BCUT2D eigenvalue weighted by Crippen LogP contribution is -2.38. The Morgan fingerprint density at radius 1 is 0.935 bits per heavy atom. The van der Waals surface area contributed by atoms with Gasteiger partial charge in [-0.05, 0) is 39.8 Å². The molecule has 160 valence electrons. The summed E-state index contributed by atoms with van der Waals surface area (Å²) in [6, 6.07) is 18.2. The molecule has 2 heterocycles. The Kier molecular flexibility index (Phi) is 6.34. The highest BCUT2D eigenvalue weighted by atomic mass is 32.2. The number of hydrogen-bond acceptors (Lipinski definition) is 6. The van der Waals surface area contributed by atoms with Crippen molar-refractivity contribution in [2.24, 2.45) is 0 Å². The van der Waals surface area contributed by atoms with Gasteiger partial charge in [0.05, 0.1) is 5.52 Å². The summed E-state index contributed by atoms with van der Waals surface area (Å²) in [5, 5.41) is 6.27. The third-order valence-electron chi connectivity index (χ3n) is 5.31. The number of aromatic nitrogens is 4. The van der Waals surface area contributed by atoms with E-state index in [-0.39, 0.29) is 5.56 Å². The summed E-state index contributed by atoms with van der Waals surface area (Å²) < 4.78 is 1.73. The minimum absolute atomic E-state index is 0.329. The molecular weight excluding hydrogens is 406 g/mol. The van der Waals surface area contributed by atoms with Crippen molar-refractivity contribution >= 4 is 28.3 Å². The quantitative estimate of drug-likeness (QED) is 0.243. The van der Waals surface area contributed by atoms with Crippen LogP contribution in [0.25, 0.3) is 27.8 Å². The molecule has 0 spiro atoms. The van der Waals surface area contributed by atoms with Crippen LogP contribution in [0.3, 0.4) is 0 Å². The van der Waals surface area contributed by atoms with Crippen LogP contribution in [-0.2, 0) is 0 Å². The van der Waals surface area contributed by atoms with E-state index in [9.17, 15) is 4.79 Å². The maximum absolute atomic E-state index is 12.8. The highest BCUT2D eigenvalue weighted by Gasteiger charge is 2.17. The van der Waals surface area contributed by atoms with E-state index in [2.05, 4.69) is 37.6 Å². The van der Waals surface area contributed by atoms with Crippen LogP contribution in [0.1, 0.15) is 27.7 Å². The van der Waals surface area contributed by atoms with Crippen LogP contribution in [0.5, 0.6) is 0 Å². The van der Waals surface area contributed by atoms with Crippen molar-refractivity contribution in [2.45, 2.75) is 44.9 Å². The minimum Gasteiger partial charge on any atom is -0.298 e. The van der Waals surface area contributed by atoms with Gasteiger partial charge < -0.3 is 0 Å². The second-order valence-electron chi connectivity index (χ2n) is 8.05. The molecule has 7 heteroatoms. The Balaban J connectivity index is 1.80. The van der Waals surface area contributed by atoms with Crippen LogP contribution in [0.2, 0.25) is 0 Å². The molecule has 31 heavy (non-hydrogen) atoms. The molecule has 0 aliphatic rings. The lowest BCUT2D eigenvalue weighted by molar-refractivity contribution is 0.187. The SMILES string of the molecule is CC(C)N(CCSc1nc2ccccc2c2nc(=O)c(-c3ccccc3)nn12)C(C)C. The number of para-hydroxylation sites is 1. The van der Waals surface area contributed by atoms with E-state index < -0.39 is 0 Å². The van der Waals surface area contributed by atoms with E-state index in [1.165, 1.54) is 0 Å². The van der Waals surface area contributed by atoms with Gasteiger partial charge in [-0.3, -0.25) is 9.69 Å². The van der Waals surface area contributed by atoms with Gasteiger partial charge >= 0.3 is 0 Å². The fourth-order valence-corrected chi connectivity index (χ4v) is 4.73. The molecule has 0 unspecified atom stereocenters.